The fraction of sp³-hybridized carbons (Fsp3) is 0.0476. The summed E-state index contributed by atoms with van der Waals surface area (Å²) < 4.78 is 0. The van der Waals surface area contributed by atoms with Crippen molar-refractivity contribution in [1.82, 2.24) is 16.1 Å². The molecule has 3 aromatic carbocycles. The highest BCUT2D eigenvalue weighted by Gasteiger charge is 2.28. The van der Waals surface area contributed by atoms with Gasteiger partial charge in [0.15, 0.2) is 0 Å². The van der Waals surface area contributed by atoms with Crippen LogP contribution in [0.1, 0.15) is 5.56 Å². The molecular formula is C21H17Cl2N5O. The first-order chi connectivity index (χ1) is 14.1. The van der Waals surface area contributed by atoms with E-state index in [1.807, 2.05) is 66.7 Å². The Balaban J connectivity index is 1.52. The largest absolute Gasteiger partial charge is 0.368 e. The number of hydrazine groups is 2. The van der Waals surface area contributed by atoms with Gasteiger partial charge in [-0.15, -0.1) is 10.2 Å². The van der Waals surface area contributed by atoms with Crippen LogP contribution in [-0.4, -0.2) is 17.0 Å². The van der Waals surface area contributed by atoms with E-state index in [1.54, 1.807) is 17.0 Å². The van der Waals surface area contributed by atoms with Crippen molar-refractivity contribution in [2.75, 3.05) is 4.90 Å². The van der Waals surface area contributed by atoms with Crippen molar-refractivity contribution in [1.29, 1.82) is 0 Å². The molecule has 0 saturated heterocycles. The summed E-state index contributed by atoms with van der Waals surface area (Å²) >= 11 is 12.2. The lowest BCUT2D eigenvalue weighted by molar-refractivity contribution is 0.175. The average Bonchev–Trinajstić information content (AvgIpc) is 3.21. The van der Waals surface area contributed by atoms with Gasteiger partial charge >= 0.3 is 6.03 Å². The van der Waals surface area contributed by atoms with Crippen LogP contribution in [0.15, 0.2) is 84.0 Å². The third-order valence-corrected chi connectivity index (χ3v) is 4.90. The van der Waals surface area contributed by atoms with Crippen molar-refractivity contribution >= 4 is 46.4 Å². The average molecular weight is 426 g/mol. The highest BCUT2D eigenvalue weighted by atomic mass is 35.5. The summed E-state index contributed by atoms with van der Waals surface area (Å²) in [5.74, 6) is 0.559. The molecule has 0 aromatic heterocycles. The van der Waals surface area contributed by atoms with Gasteiger partial charge in [0.25, 0.3) is 0 Å². The molecule has 1 heterocycles. The second kappa shape index (κ2) is 8.43. The predicted octanol–water partition coefficient (Wildman–Crippen LogP) is 5.13. The van der Waals surface area contributed by atoms with Gasteiger partial charge in [-0.05, 0) is 42.0 Å². The number of rotatable bonds is 4. The summed E-state index contributed by atoms with van der Waals surface area (Å²) in [4.78, 5) is 14.9. The molecule has 0 fully saturated rings. The van der Waals surface area contributed by atoms with Crippen LogP contribution in [0.3, 0.4) is 0 Å². The summed E-state index contributed by atoms with van der Waals surface area (Å²) in [5.41, 5.74) is 8.04. The van der Waals surface area contributed by atoms with E-state index in [2.05, 4.69) is 16.1 Å². The Morgan fingerprint density at radius 1 is 0.931 bits per heavy atom. The van der Waals surface area contributed by atoms with Crippen molar-refractivity contribution in [3.8, 4) is 0 Å². The molecular weight excluding hydrogens is 409 g/mol. The number of hydrogen-bond donors (Lipinski definition) is 2. The van der Waals surface area contributed by atoms with E-state index >= 15 is 0 Å². The van der Waals surface area contributed by atoms with Crippen LogP contribution in [0, 0.1) is 0 Å². The van der Waals surface area contributed by atoms with E-state index in [4.69, 9.17) is 23.2 Å². The molecule has 0 radical (unpaired) electrons. The van der Waals surface area contributed by atoms with E-state index in [0.29, 0.717) is 22.3 Å². The van der Waals surface area contributed by atoms with Crippen LogP contribution < -0.4 is 15.9 Å². The molecule has 0 bridgehead atoms. The Bertz CT molecular complexity index is 1000. The van der Waals surface area contributed by atoms with Crippen LogP contribution in [-0.2, 0) is 6.42 Å². The molecule has 1 aliphatic rings. The molecule has 0 atom stereocenters. The number of anilines is 2. The monoisotopic (exact) mass is 425 g/mol. The molecule has 6 nitrogen and oxygen atoms in total. The van der Waals surface area contributed by atoms with Crippen LogP contribution in [0.2, 0.25) is 10.0 Å². The van der Waals surface area contributed by atoms with Crippen molar-refractivity contribution in [2.24, 2.45) is 5.10 Å². The van der Waals surface area contributed by atoms with Crippen LogP contribution >= 0.6 is 23.2 Å². The Morgan fingerprint density at radius 3 is 2.14 bits per heavy atom. The molecule has 1 aliphatic heterocycles. The molecule has 2 N–H and O–H groups in total. The summed E-state index contributed by atoms with van der Waals surface area (Å²) in [6.45, 7) is 0. The van der Waals surface area contributed by atoms with Gasteiger partial charge in [0, 0.05) is 16.5 Å². The number of nitrogens with one attached hydrogen (secondary N) is 2. The minimum atomic E-state index is -0.330. The minimum absolute atomic E-state index is 0.330. The fourth-order valence-electron chi connectivity index (χ4n) is 2.93. The molecule has 0 spiro atoms. The van der Waals surface area contributed by atoms with E-state index in [9.17, 15) is 4.79 Å². The lowest BCUT2D eigenvalue weighted by Crippen LogP contribution is -2.51. The molecule has 2 amide bonds. The van der Waals surface area contributed by atoms with E-state index in [1.165, 1.54) is 5.12 Å². The quantitative estimate of drug-likeness (QED) is 0.608. The number of halogens is 2. The van der Waals surface area contributed by atoms with Gasteiger partial charge in [-0.1, -0.05) is 65.7 Å². The Hall–Kier alpha value is -3.22. The summed E-state index contributed by atoms with van der Waals surface area (Å²) in [7, 11) is 0. The maximum Gasteiger partial charge on any atom is 0.368 e. The molecule has 4 rings (SSSR count). The zero-order valence-corrected chi connectivity index (χ0v) is 16.7. The van der Waals surface area contributed by atoms with Crippen molar-refractivity contribution in [2.45, 2.75) is 6.42 Å². The molecule has 0 saturated carbocycles. The summed E-state index contributed by atoms with van der Waals surface area (Å²) in [6.07, 6.45) is 0.420. The van der Waals surface area contributed by atoms with Gasteiger partial charge in [0.05, 0.1) is 11.4 Å². The lowest BCUT2D eigenvalue weighted by atomic mass is 10.1. The zero-order chi connectivity index (χ0) is 20.2. The van der Waals surface area contributed by atoms with E-state index < -0.39 is 0 Å². The van der Waals surface area contributed by atoms with E-state index in [-0.39, 0.29) is 6.03 Å². The molecule has 0 unspecified atom stereocenters. The van der Waals surface area contributed by atoms with Crippen molar-refractivity contribution < 1.29 is 4.79 Å². The van der Waals surface area contributed by atoms with Gasteiger partial charge < -0.3 is 0 Å². The maximum atomic E-state index is 13.3. The zero-order valence-electron chi connectivity index (χ0n) is 15.2. The third-order valence-electron chi connectivity index (χ3n) is 4.31. The minimum Gasteiger partial charge on any atom is -0.260 e. The maximum absolute atomic E-state index is 13.3. The first-order valence-electron chi connectivity index (χ1n) is 8.89. The number of benzene rings is 3. The number of carbonyl (C=O) groups is 1. The Kier molecular flexibility index (Phi) is 5.55. The van der Waals surface area contributed by atoms with E-state index in [0.717, 1.165) is 16.9 Å². The van der Waals surface area contributed by atoms with Gasteiger partial charge in [-0.25, -0.2) is 4.79 Å². The standard InChI is InChI=1S/C21H17Cl2N5O/c22-16-12-11-15(19(23)14-16)13-20-24-26-28(25-20)21(29)27(17-7-3-1-4-8-17)18-9-5-2-6-10-18/h1-12,14,26H,13H2,(H,24,25). The topological polar surface area (TPSA) is 60.0 Å². The highest BCUT2D eigenvalue weighted by Crippen LogP contribution is 2.26. The Morgan fingerprint density at radius 2 is 1.55 bits per heavy atom. The predicted molar refractivity (Wildman–Crippen MR) is 116 cm³/mol. The number of nitrogens with zero attached hydrogens (tertiary/aromatic N) is 3. The number of amides is 2. The second-order valence-electron chi connectivity index (χ2n) is 6.31. The Labute approximate surface area is 178 Å². The number of amidine groups is 1. The van der Waals surface area contributed by atoms with Gasteiger partial charge in [-0.3, -0.25) is 10.3 Å². The number of hydrazone groups is 1. The first kappa shape index (κ1) is 19.1. The number of urea groups is 1. The summed E-state index contributed by atoms with van der Waals surface area (Å²) in [6, 6.07) is 23.8. The molecule has 8 heteroatoms. The second-order valence-corrected chi connectivity index (χ2v) is 7.15. The molecule has 3 aromatic rings. The fourth-order valence-corrected chi connectivity index (χ4v) is 3.40. The molecule has 0 aliphatic carbocycles. The first-order valence-corrected chi connectivity index (χ1v) is 9.64. The van der Waals surface area contributed by atoms with Crippen LogP contribution in [0.4, 0.5) is 16.2 Å². The summed E-state index contributed by atoms with van der Waals surface area (Å²) in [5, 5.41) is 6.55. The van der Waals surface area contributed by atoms with Gasteiger partial charge in [0.2, 0.25) is 0 Å². The normalized spacial score (nSPS) is 12.8. The number of carbonyl (C=O) groups excluding carboxylic acids is 1. The van der Waals surface area contributed by atoms with Crippen LogP contribution in [0.5, 0.6) is 0 Å². The third kappa shape index (κ3) is 4.29. The highest BCUT2D eigenvalue weighted by molar-refractivity contribution is 6.35. The number of hydrogen-bond acceptors (Lipinski definition) is 4. The molecule has 146 valence electrons. The van der Waals surface area contributed by atoms with Gasteiger partial charge in [-0.2, -0.15) is 5.53 Å². The molecule has 29 heavy (non-hydrogen) atoms. The lowest BCUT2D eigenvalue weighted by Gasteiger charge is -2.27. The smallest absolute Gasteiger partial charge is 0.260 e. The van der Waals surface area contributed by atoms with Crippen LogP contribution in [0.25, 0.3) is 0 Å². The van der Waals surface area contributed by atoms with Crippen molar-refractivity contribution in [3.05, 3.63) is 94.5 Å². The van der Waals surface area contributed by atoms with Gasteiger partial charge in [0.1, 0.15) is 5.84 Å². The SMILES string of the molecule is O=C(N1NN=C(Cc2ccc(Cl)cc2Cl)N1)N(c1ccccc1)c1ccccc1. The number of para-hydroxylation sites is 2. The van der Waals surface area contributed by atoms with Crippen molar-refractivity contribution in [3.63, 3.8) is 0 Å².